The molecule has 0 aliphatic heterocycles. The van der Waals surface area contributed by atoms with Crippen molar-refractivity contribution in [2.45, 2.75) is 6.18 Å². The number of nitrogens with zero attached hydrogens (tertiary/aromatic N) is 1. The van der Waals surface area contributed by atoms with Crippen molar-refractivity contribution in [2.24, 2.45) is 0 Å². The lowest BCUT2D eigenvalue weighted by Gasteiger charge is -2.11. The van der Waals surface area contributed by atoms with Crippen molar-refractivity contribution in [2.75, 3.05) is 10.6 Å². The Labute approximate surface area is 148 Å². The van der Waals surface area contributed by atoms with Crippen LogP contribution in [0, 0.1) is 0 Å². The molecule has 0 unspecified atom stereocenters. The van der Waals surface area contributed by atoms with Crippen molar-refractivity contribution >= 4 is 52.0 Å². The van der Waals surface area contributed by atoms with Crippen LogP contribution in [-0.4, -0.2) is 11.0 Å². The first-order valence-corrected chi connectivity index (χ1v) is 7.49. The number of nitrogens with one attached hydrogen (secondary N) is 2. The average Bonchev–Trinajstić information content (AvgIpc) is 2.89. The molecule has 0 fully saturated rings. The van der Waals surface area contributed by atoms with E-state index in [1.54, 1.807) is 12.1 Å². The largest absolute Gasteiger partial charge is 0.423 e. The summed E-state index contributed by atoms with van der Waals surface area (Å²) in [4.78, 5) is 15.9. The predicted octanol–water partition coefficient (Wildman–Crippen LogP) is 5.80. The number of hydrogen-bond donors (Lipinski definition) is 2. The molecular formula is C15H8Cl2F3N3O2. The standard InChI is InChI=1S/C15H8Cl2F3N3O2/c16-7-1-4-12-11(5-7)22-14(25-12)23-13(24)21-8-2-3-10(17)9(6-8)15(18,19)20/h1-6H,(H2,21,22,23,24). The van der Waals surface area contributed by atoms with E-state index in [0.717, 1.165) is 12.1 Å². The number of oxazole rings is 1. The molecule has 0 aliphatic rings. The van der Waals surface area contributed by atoms with Gasteiger partial charge in [-0.15, -0.1) is 0 Å². The van der Waals surface area contributed by atoms with E-state index < -0.39 is 22.8 Å². The van der Waals surface area contributed by atoms with Gasteiger partial charge < -0.3 is 9.73 Å². The molecule has 1 aromatic heterocycles. The van der Waals surface area contributed by atoms with Crippen molar-refractivity contribution in [3.8, 4) is 0 Å². The summed E-state index contributed by atoms with van der Waals surface area (Å²) in [6.07, 6.45) is -4.63. The van der Waals surface area contributed by atoms with Crippen LogP contribution in [0.3, 0.4) is 0 Å². The number of hydrogen-bond acceptors (Lipinski definition) is 3. The number of urea groups is 1. The van der Waals surface area contributed by atoms with Crippen LogP contribution in [0.2, 0.25) is 10.0 Å². The van der Waals surface area contributed by atoms with Crippen LogP contribution in [0.1, 0.15) is 5.56 Å². The molecule has 0 radical (unpaired) electrons. The summed E-state index contributed by atoms with van der Waals surface area (Å²) in [5.41, 5.74) is -0.323. The van der Waals surface area contributed by atoms with E-state index in [-0.39, 0.29) is 11.7 Å². The predicted molar refractivity (Wildman–Crippen MR) is 88.1 cm³/mol. The van der Waals surface area contributed by atoms with Gasteiger partial charge in [0.25, 0.3) is 0 Å². The van der Waals surface area contributed by atoms with Gasteiger partial charge in [-0.05, 0) is 36.4 Å². The second-order valence-corrected chi connectivity index (χ2v) is 5.75. The van der Waals surface area contributed by atoms with Crippen LogP contribution in [0.15, 0.2) is 40.8 Å². The van der Waals surface area contributed by atoms with Gasteiger partial charge in [0, 0.05) is 10.7 Å². The third-order valence-electron chi connectivity index (χ3n) is 3.10. The van der Waals surface area contributed by atoms with E-state index in [9.17, 15) is 18.0 Å². The van der Waals surface area contributed by atoms with Crippen molar-refractivity contribution < 1.29 is 22.4 Å². The lowest BCUT2D eigenvalue weighted by molar-refractivity contribution is -0.137. The Hall–Kier alpha value is -2.45. The van der Waals surface area contributed by atoms with Crippen molar-refractivity contribution in [1.29, 1.82) is 0 Å². The highest BCUT2D eigenvalue weighted by atomic mass is 35.5. The number of anilines is 2. The molecule has 130 valence electrons. The Morgan fingerprint density at radius 2 is 1.84 bits per heavy atom. The first kappa shape index (κ1) is 17.4. The van der Waals surface area contributed by atoms with E-state index in [1.807, 2.05) is 0 Å². The quantitative estimate of drug-likeness (QED) is 0.582. The van der Waals surface area contributed by atoms with Gasteiger partial charge >= 0.3 is 18.2 Å². The minimum Gasteiger partial charge on any atom is -0.423 e. The molecule has 1 heterocycles. The van der Waals surface area contributed by atoms with Crippen LogP contribution >= 0.6 is 23.2 Å². The molecule has 0 aliphatic carbocycles. The van der Waals surface area contributed by atoms with Gasteiger partial charge in [-0.2, -0.15) is 18.2 Å². The Balaban J connectivity index is 1.75. The van der Waals surface area contributed by atoms with Gasteiger partial charge in [-0.3, -0.25) is 5.32 Å². The van der Waals surface area contributed by atoms with E-state index in [1.165, 1.54) is 12.1 Å². The molecule has 0 saturated heterocycles. The summed E-state index contributed by atoms with van der Waals surface area (Å²) in [5.74, 6) is 0. The molecule has 25 heavy (non-hydrogen) atoms. The maximum absolute atomic E-state index is 12.8. The Morgan fingerprint density at radius 1 is 1.08 bits per heavy atom. The molecule has 0 atom stereocenters. The van der Waals surface area contributed by atoms with Crippen molar-refractivity contribution in [3.63, 3.8) is 0 Å². The van der Waals surface area contributed by atoms with Crippen LogP contribution in [0.4, 0.5) is 29.7 Å². The number of rotatable bonds is 2. The molecular weight excluding hydrogens is 382 g/mol. The lowest BCUT2D eigenvalue weighted by atomic mass is 10.2. The first-order chi connectivity index (χ1) is 11.7. The molecule has 0 spiro atoms. The molecule has 10 heteroatoms. The summed E-state index contributed by atoms with van der Waals surface area (Å²) < 4.78 is 43.7. The second-order valence-electron chi connectivity index (χ2n) is 4.90. The van der Waals surface area contributed by atoms with Gasteiger partial charge in [-0.25, -0.2) is 4.79 Å². The van der Waals surface area contributed by atoms with Crippen molar-refractivity contribution in [3.05, 3.63) is 52.0 Å². The highest BCUT2D eigenvalue weighted by Crippen LogP contribution is 2.36. The maximum Gasteiger partial charge on any atom is 0.417 e. The van der Waals surface area contributed by atoms with E-state index >= 15 is 0 Å². The van der Waals surface area contributed by atoms with E-state index in [0.29, 0.717) is 16.1 Å². The highest BCUT2D eigenvalue weighted by Gasteiger charge is 2.33. The summed E-state index contributed by atoms with van der Waals surface area (Å²) >= 11 is 11.3. The molecule has 3 aromatic rings. The molecule has 2 N–H and O–H groups in total. The number of carbonyl (C=O) groups excluding carboxylic acids is 1. The molecule has 0 bridgehead atoms. The number of halogens is 5. The zero-order valence-electron chi connectivity index (χ0n) is 12.1. The number of fused-ring (bicyclic) bond motifs is 1. The zero-order chi connectivity index (χ0) is 18.2. The summed E-state index contributed by atoms with van der Waals surface area (Å²) in [5, 5.41) is 4.52. The minimum absolute atomic E-state index is 0.0895. The molecule has 2 amide bonds. The van der Waals surface area contributed by atoms with Gasteiger partial charge in [0.1, 0.15) is 5.52 Å². The monoisotopic (exact) mass is 389 g/mol. The smallest absolute Gasteiger partial charge is 0.417 e. The zero-order valence-corrected chi connectivity index (χ0v) is 13.6. The third kappa shape index (κ3) is 3.97. The number of alkyl halides is 3. The number of carbonyl (C=O) groups is 1. The normalized spacial score (nSPS) is 11.6. The molecule has 5 nitrogen and oxygen atoms in total. The number of benzene rings is 2. The fourth-order valence-corrected chi connectivity index (χ4v) is 2.42. The van der Waals surface area contributed by atoms with E-state index in [2.05, 4.69) is 15.6 Å². The molecule has 0 saturated carbocycles. The number of aromatic nitrogens is 1. The Morgan fingerprint density at radius 3 is 2.56 bits per heavy atom. The van der Waals surface area contributed by atoms with Crippen LogP contribution in [0.25, 0.3) is 11.1 Å². The Kier molecular flexibility index (Phi) is 4.49. The summed E-state index contributed by atoms with van der Waals surface area (Å²) in [6, 6.07) is 6.76. The highest BCUT2D eigenvalue weighted by molar-refractivity contribution is 6.31. The Bertz CT molecular complexity index is 957. The van der Waals surface area contributed by atoms with Gasteiger partial charge in [0.2, 0.25) is 0 Å². The fraction of sp³-hybridized carbons (Fsp3) is 0.0667. The van der Waals surface area contributed by atoms with Gasteiger partial charge in [-0.1, -0.05) is 23.2 Å². The fourth-order valence-electron chi connectivity index (χ4n) is 2.03. The molecule has 3 rings (SSSR count). The van der Waals surface area contributed by atoms with Gasteiger partial charge in [0.15, 0.2) is 5.58 Å². The summed E-state index contributed by atoms with van der Waals surface area (Å²) in [6.45, 7) is 0. The number of amides is 2. The topological polar surface area (TPSA) is 67.2 Å². The van der Waals surface area contributed by atoms with Crippen LogP contribution in [-0.2, 0) is 6.18 Å². The van der Waals surface area contributed by atoms with Crippen LogP contribution < -0.4 is 10.6 Å². The summed E-state index contributed by atoms with van der Waals surface area (Å²) in [7, 11) is 0. The van der Waals surface area contributed by atoms with Gasteiger partial charge in [0.05, 0.1) is 10.6 Å². The lowest BCUT2D eigenvalue weighted by Crippen LogP contribution is -2.20. The SMILES string of the molecule is O=C(Nc1ccc(Cl)c(C(F)(F)F)c1)Nc1nc2cc(Cl)ccc2o1. The van der Waals surface area contributed by atoms with Crippen LogP contribution in [0.5, 0.6) is 0 Å². The third-order valence-corrected chi connectivity index (χ3v) is 3.66. The minimum atomic E-state index is -4.63. The maximum atomic E-state index is 12.8. The van der Waals surface area contributed by atoms with E-state index in [4.69, 9.17) is 27.6 Å². The average molecular weight is 390 g/mol. The van der Waals surface area contributed by atoms with Crippen molar-refractivity contribution in [1.82, 2.24) is 4.98 Å². The first-order valence-electron chi connectivity index (χ1n) is 6.73. The second kappa shape index (κ2) is 6.45. The molecule has 2 aromatic carbocycles.